The van der Waals surface area contributed by atoms with E-state index in [-0.39, 0.29) is 16.1 Å². The minimum atomic E-state index is -3.76. The normalized spacial score (nSPS) is 12.0. The lowest BCUT2D eigenvalue weighted by molar-refractivity contribution is 0.102. The van der Waals surface area contributed by atoms with Gasteiger partial charge in [-0.1, -0.05) is 18.2 Å². The molecule has 0 fully saturated rings. The Bertz CT molecular complexity index is 858. The summed E-state index contributed by atoms with van der Waals surface area (Å²) < 4.78 is 40.8. The van der Waals surface area contributed by atoms with Crippen LogP contribution < -0.4 is 10.0 Å². The van der Waals surface area contributed by atoms with Crippen LogP contribution in [0.4, 0.5) is 10.1 Å². The van der Waals surface area contributed by atoms with Crippen LogP contribution in [0.15, 0.2) is 53.4 Å². The van der Waals surface area contributed by atoms with Crippen LogP contribution in [-0.4, -0.2) is 19.9 Å². The third-order valence-electron chi connectivity index (χ3n) is 2.97. The van der Waals surface area contributed by atoms with Crippen LogP contribution in [0.2, 0.25) is 0 Å². The van der Waals surface area contributed by atoms with Crippen LogP contribution in [0.1, 0.15) is 31.1 Å². The van der Waals surface area contributed by atoms with E-state index in [4.69, 9.17) is 0 Å². The Morgan fingerprint density at radius 2 is 1.71 bits per heavy atom. The van der Waals surface area contributed by atoms with Gasteiger partial charge < -0.3 is 5.32 Å². The minimum absolute atomic E-state index is 0.0291. The number of halogens is 1. The van der Waals surface area contributed by atoms with E-state index in [1.165, 1.54) is 42.5 Å². The molecule has 0 aromatic heterocycles. The van der Waals surface area contributed by atoms with Crippen molar-refractivity contribution in [3.05, 3.63) is 59.9 Å². The molecule has 0 aliphatic rings. The van der Waals surface area contributed by atoms with Gasteiger partial charge in [0.15, 0.2) is 0 Å². The summed E-state index contributed by atoms with van der Waals surface area (Å²) >= 11 is 0. The lowest BCUT2D eigenvalue weighted by Gasteiger charge is -2.20. The highest BCUT2D eigenvalue weighted by Gasteiger charge is 2.22. The maximum absolute atomic E-state index is 13.6. The van der Waals surface area contributed by atoms with Crippen molar-refractivity contribution >= 4 is 21.6 Å². The summed E-state index contributed by atoms with van der Waals surface area (Å²) in [6.45, 7) is 5.16. The van der Waals surface area contributed by atoms with Crippen LogP contribution in [-0.2, 0) is 10.0 Å². The van der Waals surface area contributed by atoms with Crippen molar-refractivity contribution in [1.29, 1.82) is 0 Å². The van der Waals surface area contributed by atoms with Crippen LogP contribution in [0.3, 0.4) is 0 Å². The number of amides is 1. The summed E-state index contributed by atoms with van der Waals surface area (Å²) in [6, 6.07) is 11.3. The second-order valence-electron chi connectivity index (χ2n) is 6.32. The van der Waals surface area contributed by atoms with Crippen molar-refractivity contribution in [3.8, 4) is 0 Å². The number of rotatable bonds is 4. The standard InChI is InChI=1S/C17H19FN2O3S/c1-17(2,3)20-24(22,23)13-8-6-7-12(11-13)16(21)19-15-10-5-4-9-14(15)18/h4-11,20H,1-3H3,(H,19,21). The van der Waals surface area contributed by atoms with Gasteiger partial charge in [-0.15, -0.1) is 0 Å². The van der Waals surface area contributed by atoms with Crippen molar-refractivity contribution in [2.75, 3.05) is 5.32 Å². The zero-order chi connectivity index (χ0) is 18.0. The molecular formula is C17H19FN2O3S. The van der Waals surface area contributed by atoms with Crippen molar-refractivity contribution in [3.63, 3.8) is 0 Å². The number of hydrogen-bond donors (Lipinski definition) is 2. The fourth-order valence-corrected chi connectivity index (χ4v) is 3.49. The molecule has 0 atom stereocenters. The van der Waals surface area contributed by atoms with E-state index in [1.54, 1.807) is 26.8 Å². The summed E-state index contributed by atoms with van der Waals surface area (Å²) in [7, 11) is -3.76. The number of para-hydroxylation sites is 1. The van der Waals surface area contributed by atoms with Gasteiger partial charge in [0, 0.05) is 11.1 Å². The molecule has 7 heteroatoms. The molecule has 0 heterocycles. The van der Waals surface area contributed by atoms with Gasteiger partial charge in [-0.25, -0.2) is 17.5 Å². The zero-order valence-corrected chi connectivity index (χ0v) is 14.4. The van der Waals surface area contributed by atoms with Gasteiger partial charge in [0.25, 0.3) is 5.91 Å². The van der Waals surface area contributed by atoms with Crippen molar-refractivity contribution in [1.82, 2.24) is 4.72 Å². The first kappa shape index (κ1) is 18.1. The largest absolute Gasteiger partial charge is 0.319 e. The highest BCUT2D eigenvalue weighted by molar-refractivity contribution is 7.89. The Morgan fingerprint density at radius 1 is 1.04 bits per heavy atom. The summed E-state index contributed by atoms with van der Waals surface area (Å²) in [6.07, 6.45) is 0. The maximum atomic E-state index is 13.6. The second kappa shape index (κ2) is 6.70. The number of benzene rings is 2. The van der Waals surface area contributed by atoms with Gasteiger partial charge in [-0.05, 0) is 51.1 Å². The van der Waals surface area contributed by atoms with Crippen molar-refractivity contribution in [2.45, 2.75) is 31.2 Å². The maximum Gasteiger partial charge on any atom is 0.255 e. The number of carbonyl (C=O) groups excluding carboxylic acids is 1. The summed E-state index contributed by atoms with van der Waals surface area (Å²) in [5.41, 5.74) is -0.497. The van der Waals surface area contributed by atoms with Gasteiger partial charge in [0.1, 0.15) is 5.82 Å². The lowest BCUT2D eigenvalue weighted by atomic mass is 10.1. The molecule has 0 saturated carbocycles. The quantitative estimate of drug-likeness (QED) is 0.889. The topological polar surface area (TPSA) is 75.3 Å². The molecule has 2 rings (SSSR count). The molecule has 0 unspecified atom stereocenters. The van der Waals surface area contributed by atoms with E-state index in [2.05, 4.69) is 10.0 Å². The average molecular weight is 350 g/mol. The molecule has 0 spiro atoms. The van der Waals surface area contributed by atoms with Gasteiger partial charge >= 0.3 is 0 Å². The van der Waals surface area contributed by atoms with Crippen LogP contribution in [0, 0.1) is 5.82 Å². The van der Waals surface area contributed by atoms with Gasteiger partial charge in [0.2, 0.25) is 10.0 Å². The van der Waals surface area contributed by atoms with Gasteiger partial charge in [0.05, 0.1) is 10.6 Å². The van der Waals surface area contributed by atoms with E-state index < -0.39 is 27.3 Å². The summed E-state index contributed by atoms with van der Waals surface area (Å²) in [5, 5.41) is 2.42. The molecule has 0 aliphatic carbocycles. The molecule has 5 nitrogen and oxygen atoms in total. The van der Waals surface area contributed by atoms with E-state index in [9.17, 15) is 17.6 Å². The highest BCUT2D eigenvalue weighted by atomic mass is 32.2. The Balaban J connectivity index is 2.27. The Labute approximate surface area is 141 Å². The number of sulfonamides is 1. The van der Waals surface area contributed by atoms with E-state index in [1.807, 2.05) is 0 Å². The van der Waals surface area contributed by atoms with Gasteiger partial charge in [-0.2, -0.15) is 0 Å². The third-order valence-corrected chi connectivity index (χ3v) is 4.72. The predicted octanol–water partition coefficient (Wildman–Crippen LogP) is 3.15. The lowest BCUT2D eigenvalue weighted by Crippen LogP contribution is -2.40. The van der Waals surface area contributed by atoms with Gasteiger partial charge in [-0.3, -0.25) is 4.79 Å². The van der Waals surface area contributed by atoms with E-state index in [0.29, 0.717) is 0 Å². The minimum Gasteiger partial charge on any atom is -0.319 e. The Kier molecular flexibility index (Phi) is 5.05. The summed E-state index contributed by atoms with van der Waals surface area (Å²) in [5.74, 6) is -1.16. The van der Waals surface area contributed by atoms with Crippen LogP contribution in [0.5, 0.6) is 0 Å². The fourth-order valence-electron chi connectivity index (χ4n) is 2.02. The molecule has 24 heavy (non-hydrogen) atoms. The number of carbonyl (C=O) groups is 1. The molecule has 2 N–H and O–H groups in total. The first-order valence-corrected chi connectivity index (χ1v) is 8.77. The molecule has 2 aromatic rings. The SMILES string of the molecule is CC(C)(C)NS(=O)(=O)c1cccc(C(=O)Nc2ccccc2F)c1. The number of hydrogen-bond acceptors (Lipinski definition) is 3. The Morgan fingerprint density at radius 3 is 2.33 bits per heavy atom. The zero-order valence-electron chi connectivity index (χ0n) is 13.6. The van der Waals surface area contributed by atoms with E-state index in [0.717, 1.165) is 0 Å². The molecular weight excluding hydrogens is 331 g/mol. The monoisotopic (exact) mass is 350 g/mol. The smallest absolute Gasteiger partial charge is 0.255 e. The average Bonchev–Trinajstić information content (AvgIpc) is 2.47. The second-order valence-corrected chi connectivity index (χ2v) is 8.00. The predicted molar refractivity (Wildman–Crippen MR) is 90.9 cm³/mol. The molecule has 1 amide bonds. The molecule has 2 aromatic carbocycles. The van der Waals surface area contributed by atoms with Crippen molar-refractivity contribution in [2.24, 2.45) is 0 Å². The van der Waals surface area contributed by atoms with Crippen molar-refractivity contribution < 1.29 is 17.6 Å². The number of anilines is 1. The van der Waals surface area contributed by atoms with Crippen LogP contribution >= 0.6 is 0 Å². The number of nitrogens with one attached hydrogen (secondary N) is 2. The highest BCUT2D eigenvalue weighted by Crippen LogP contribution is 2.17. The summed E-state index contributed by atoms with van der Waals surface area (Å²) in [4.78, 5) is 12.2. The third kappa shape index (κ3) is 4.62. The molecule has 0 bridgehead atoms. The Hall–Kier alpha value is -2.25. The first-order chi connectivity index (χ1) is 11.1. The molecule has 0 aliphatic heterocycles. The fraction of sp³-hybridized carbons (Fsp3) is 0.235. The molecule has 0 radical (unpaired) electrons. The molecule has 0 saturated heterocycles. The first-order valence-electron chi connectivity index (χ1n) is 7.28. The van der Waals surface area contributed by atoms with Crippen LogP contribution in [0.25, 0.3) is 0 Å². The molecule has 128 valence electrons. The van der Waals surface area contributed by atoms with E-state index >= 15 is 0 Å².